The van der Waals surface area contributed by atoms with Crippen LogP contribution in [0.3, 0.4) is 0 Å². The van der Waals surface area contributed by atoms with Gasteiger partial charge in [0.05, 0.1) is 5.92 Å². The third-order valence-electron chi connectivity index (χ3n) is 4.66. The van der Waals surface area contributed by atoms with Gasteiger partial charge in [0, 0.05) is 25.2 Å². The zero-order valence-corrected chi connectivity index (χ0v) is 15.0. The van der Waals surface area contributed by atoms with Crippen LogP contribution in [0.2, 0.25) is 0 Å². The molecule has 1 aliphatic heterocycles. The van der Waals surface area contributed by atoms with Crippen molar-refractivity contribution in [1.29, 1.82) is 0 Å². The number of benzene rings is 2. The molecule has 1 heterocycles. The Morgan fingerprint density at radius 1 is 1.04 bits per heavy atom. The molecule has 0 radical (unpaired) electrons. The van der Waals surface area contributed by atoms with Crippen molar-refractivity contribution in [2.45, 2.75) is 26.4 Å². The van der Waals surface area contributed by atoms with Gasteiger partial charge in [0.15, 0.2) is 0 Å². The van der Waals surface area contributed by atoms with E-state index >= 15 is 0 Å². The van der Waals surface area contributed by atoms with Gasteiger partial charge in [-0.15, -0.1) is 0 Å². The fourth-order valence-corrected chi connectivity index (χ4v) is 3.02. The number of carbonyl (C=O) groups is 2. The molecule has 1 atom stereocenters. The highest BCUT2D eigenvalue weighted by molar-refractivity contribution is 5.94. The number of hydrogen-bond donors (Lipinski definition) is 3. The normalized spacial score (nSPS) is 16.3. The van der Waals surface area contributed by atoms with Gasteiger partial charge in [0.2, 0.25) is 5.91 Å². The molecule has 136 valence electrons. The van der Waals surface area contributed by atoms with E-state index in [1.165, 1.54) is 5.56 Å². The van der Waals surface area contributed by atoms with Crippen LogP contribution in [-0.2, 0) is 17.9 Å². The Bertz CT molecular complexity index is 765. The summed E-state index contributed by atoms with van der Waals surface area (Å²) in [5.74, 6) is 0.0129. The topological polar surface area (TPSA) is 70.2 Å². The molecule has 5 nitrogen and oxygen atoms in total. The van der Waals surface area contributed by atoms with Crippen LogP contribution in [0.15, 0.2) is 48.5 Å². The minimum absolute atomic E-state index is 0.0518. The minimum Gasteiger partial charge on any atom is -0.352 e. The molecule has 0 aliphatic carbocycles. The van der Waals surface area contributed by atoms with Crippen molar-refractivity contribution in [3.63, 3.8) is 0 Å². The van der Waals surface area contributed by atoms with Gasteiger partial charge < -0.3 is 16.0 Å². The van der Waals surface area contributed by atoms with Gasteiger partial charge in [0.1, 0.15) is 0 Å². The second-order valence-corrected chi connectivity index (χ2v) is 6.78. The fourth-order valence-electron chi connectivity index (χ4n) is 3.02. The van der Waals surface area contributed by atoms with Gasteiger partial charge in [0.25, 0.3) is 5.91 Å². The van der Waals surface area contributed by atoms with Gasteiger partial charge in [-0.25, -0.2) is 0 Å². The first kappa shape index (κ1) is 18.1. The Morgan fingerprint density at radius 2 is 1.81 bits per heavy atom. The van der Waals surface area contributed by atoms with E-state index in [1.54, 1.807) is 6.07 Å². The summed E-state index contributed by atoms with van der Waals surface area (Å²) >= 11 is 0. The Hall–Kier alpha value is -2.66. The Kier molecular flexibility index (Phi) is 6.02. The van der Waals surface area contributed by atoms with Crippen molar-refractivity contribution >= 4 is 11.8 Å². The molecule has 0 spiro atoms. The van der Waals surface area contributed by atoms with Crippen LogP contribution in [0, 0.1) is 12.8 Å². The van der Waals surface area contributed by atoms with Crippen molar-refractivity contribution in [3.05, 3.63) is 70.8 Å². The highest BCUT2D eigenvalue weighted by Gasteiger charge is 2.21. The molecule has 2 amide bonds. The summed E-state index contributed by atoms with van der Waals surface area (Å²) in [6, 6.07) is 15.5. The monoisotopic (exact) mass is 351 g/mol. The lowest BCUT2D eigenvalue weighted by Crippen LogP contribution is -2.31. The summed E-state index contributed by atoms with van der Waals surface area (Å²) in [7, 11) is 0. The van der Waals surface area contributed by atoms with Crippen LogP contribution < -0.4 is 16.0 Å². The highest BCUT2D eigenvalue weighted by Crippen LogP contribution is 2.10. The number of hydrogen-bond acceptors (Lipinski definition) is 3. The van der Waals surface area contributed by atoms with Crippen molar-refractivity contribution in [1.82, 2.24) is 16.0 Å². The Labute approximate surface area is 154 Å². The molecular weight excluding hydrogens is 326 g/mol. The van der Waals surface area contributed by atoms with Crippen LogP contribution in [0.4, 0.5) is 0 Å². The molecule has 0 bridgehead atoms. The third-order valence-corrected chi connectivity index (χ3v) is 4.66. The molecule has 1 aliphatic rings. The quantitative estimate of drug-likeness (QED) is 0.747. The molecular formula is C21H25N3O2. The molecule has 1 unspecified atom stereocenters. The summed E-state index contributed by atoms with van der Waals surface area (Å²) < 4.78 is 0. The molecule has 1 fully saturated rings. The van der Waals surface area contributed by atoms with E-state index in [4.69, 9.17) is 0 Å². The van der Waals surface area contributed by atoms with E-state index in [2.05, 4.69) is 16.0 Å². The van der Waals surface area contributed by atoms with Crippen molar-refractivity contribution < 1.29 is 9.59 Å². The van der Waals surface area contributed by atoms with Gasteiger partial charge in [-0.05, 0) is 43.1 Å². The average Bonchev–Trinajstić information content (AvgIpc) is 3.20. The standard InChI is InChI=1S/C21H25N3O2/c1-15-5-7-16(8-6-15)12-23-20(25)18-4-2-3-17(11-18)13-24-21(26)19-9-10-22-14-19/h2-8,11,19,22H,9-10,12-14H2,1H3,(H,23,25)(H,24,26). The number of carbonyl (C=O) groups excluding carboxylic acids is 2. The molecule has 5 heteroatoms. The largest absolute Gasteiger partial charge is 0.352 e. The van der Waals surface area contributed by atoms with Crippen LogP contribution in [0.5, 0.6) is 0 Å². The lowest BCUT2D eigenvalue weighted by atomic mass is 10.1. The Morgan fingerprint density at radius 3 is 2.54 bits per heavy atom. The maximum atomic E-state index is 12.4. The van der Waals surface area contributed by atoms with Crippen molar-refractivity contribution in [3.8, 4) is 0 Å². The molecule has 3 N–H and O–H groups in total. The fraction of sp³-hybridized carbons (Fsp3) is 0.333. The maximum Gasteiger partial charge on any atom is 0.251 e. The summed E-state index contributed by atoms with van der Waals surface area (Å²) in [6.07, 6.45) is 0.882. The SMILES string of the molecule is Cc1ccc(CNC(=O)c2cccc(CNC(=O)C3CCNC3)c2)cc1. The number of nitrogens with one attached hydrogen (secondary N) is 3. The molecule has 26 heavy (non-hydrogen) atoms. The molecule has 2 aromatic rings. The van der Waals surface area contributed by atoms with Crippen molar-refractivity contribution in [2.75, 3.05) is 13.1 Å². The smallest absolute Gasteiger partial charge is 0.251 e. The summed E-state index contributed by atoms with van der Waals surface area (Å²) in [5, 5.41) is 9.09. The van der Waals surface area contributed by atoms with Crippen molar-refractivity contribution in [2.24, 2.45) is 5.92 Å². The van der Waals surface area contributed by atoms with Crippen LogP contribution in [-0.4, -0.2) is 24.9 Å². The van der Waals surface area contributed by atoms with Gasteiger partial charge in [-0.3, -0.25) is 9.59 Å². The predicted octanol–water partition coefficient (Wildman–Crippen LogP) is 2.15. The van der Waals surface area contributed by atoms with E-state index < -0.39 is 0 Å². The highest BCUT2D eigenvalue weighted by atomic mass is 16.2. The van der Waals surface area contributed by atoms with Gasteiger partial charge in [-0.2, -0.15) is 0 Å². The zero-order valence-electron chi connectivity index (χ0n) is 15.0. The van der Waals surface area contributed by atoms with Gasteiger partial charge >= 0.3 is 0 Å². The number of amides is 2. The van der Waals surface area contributed by atoms with E-state index in [0.29, 0.717) is 18.7 Å². The van der Waals surface area contributed by atoms with E-state index in [1.807, 2.05) is 49.4 Å². The predicted molar refractivity (Wildman–Crippen MR) is 102 cm³/mol. The summed E-state index contributed by atoms with van der Waals surface area (Å²) in [5.41, 5.74) is 3.79. The van der Waals surface area contributed by atoms with Crippen LogP contribution in [0.25, 0.3) is 0 Å². The molecule has 2 aromatic carbocycles. The second kappa shape index (κ2) is 8.63. The van der Waals surface area contributed by atoms with Crippen LogP contribution >= 0.6 is 0 Å². The van der Waals surface area contributed by atoms with Crippen LogP contribution in [0.1, 0.15) is 33.5 Å². The average molecular weight is 351 g/mol. The van der Waals surface area contributed by atoms with E-state index in [-0.39, 0.29) is 17.7 Å². The lowest BCUT2D eigenvalue weighted by Gasteiger charge is -2.11. The summed E-state index contributed by atoms with van der Waals surface area (Å²) in [6.45, 7) is 4.61. The first-order chi connectivity index (χ1) is 12.6. The number of rotatable bonds is 6. The Balaban J connectivity index is 1.53. The minimum atomic E-state index is -0.112. The maximum absolute atomic E-state index is 12.4. The second-order valence-electron chi connectivity index (χ2n) is 6.78. The van der Waals surface area contributed by atoms with E-state index in [9.17, 15) is 9.59 Å². The molecule has 0 aromatic heterocycles. The lowest BCUT2D eigenvalue weighted by molar-refractivity contribution is -0.124. The summed E-state index contributed by atoms with van der Waals surface area (Å²) in [4.78, 5) is 24.5. The molecule has 0 saturated carbocycles. The third kappa shape index (κ3) is 4.92. The zero-order chi connectivity index (χ0) is 18.4. The number of aryl methyl sites for hydroxylation is 1. The van der Waals surface area contributed by atoms with Gasteiger partial charge in [-0.1, -0.05) is 42.0 Å². The molecule has 1 saturated heterocycles. The molecule has 3 rings (SSSR count). The first-order valence-electron chi connectivity index (χ1n) is 9.03. The first-order valence-corrected chi connectivity index (χ1v) is 9.03. The van der Waals surface area contributed by atoms with E-state index in [0.717, 1.165) is 30.6 Å².